The van der Waals surface area contributed by atoms with Gasteiger partial charge in [-0.05, 0) is 0 Å². The Morgan fingerprint density at radius 2 is 2.26 bits per heavy atom. The minimum absolute atomic E-state index is 0.345. The van der Waals surface area contributed by atoms with Crippen LogP contribution in [0.3, 0.4) is 0 Å². The average molecular weight is 268 g/mol. The van der Waals surface area contributed by atoms with Crippen LogP contribution < -0.4 is 10.6 Å². The van der Waals surface area contributed by atoms with Crippen LogP contribution in [0.15, 0.2) is 6.07 Å². The second kappa shape index (κ2) is 6.14. The van der Waals surface area contributed by atoms with E-state index in [2.05, 4.69) is 20.6 Å². The average Bonchev–Trinajstić information content (AvgIpc) is 2.84. The lowest BCUT2D eigenvalue weighted by Crippen LogP contribution is -2.37. The molecule has 19 heavy (non-hydrogen) atoms. The summed E-state index contributed by atoms with van der Waals surface area (Å²) >= 11 is 0. The van der Waals surface area contributed by atoms with E-state index in [9.17, 15) is 5.11 Å². The maximum Gasteiger partial charge on any atom is 0.158 e. The van der Waals surface area contributed by atoms with Crippen molar-refractivity contribution in [3.63, 3.8) is 0 Å². The van der Waals surface area contributed by atoms with Crippen LogP contribution in [-0.2, 0) is 16.1 Å². The zero-order chi connectivity index (χ0) is 13.7. The molecule has 1 aliphatic rings. The SMILES string of the molecule is CNc1cc(NCC2(O)CCOC2)nc(COC)n1. The first-order chi connectivity index (χ1) is 9.15. The van der Waals surface area contributed by atoms with Crippen molar-refractivity contribution in [3.05, 3.63) is 11.9 Å². The van der Waals surface area contributed by atoms with Crippen molar-refractivity contribution in [2.24, 2.45) is 0 Å². The molecule has 1 saturated heterocycles. The fraction of sp³-hybridized carbons (Fsp3) is 0.667. The molecule has 0 aromatic carbocycles. The number of hydrogen-bond acceptors (Lipinski definition) is 7. The number of aliphatic hydroxyl groups is 1. The van der Waals surface area contributed by atoms with Crippen molar-refractivity contribution < 1.29 is 14.6 Å². The maximum atomic E-state index is 10.2. The maximum absolute atomic E-state index is 10.2. The topological polar surface area (TPSA) is 88.5 Å². The third kappa shape index (κ3) is 3.76. The summed E-state index contributed by atoms with van der Waals surface area (Å²) in [7, 11) is 3.39. The smallest absolute Gasteiger partial charge is 0.158 e. The number of rotatable bonds is 6. The van der Waals surface area contributed by atoms with Crippen LogP contribution >= 0.6 is 0 Å². The fourth-order valence-corrected chi connectivity index (χ4v) is 1.90. The predicted molar refractivity (Wildman–Crippen MR) is 71.2 cm³/mol. The molecule has 7 heteroatoms. The van der Waals surface area contributed by atoms with Gasteiger partial charge in [-0.3, -0.25) is 0 Å². The molecule has 1 fully saturated rings. The molecule has 2 heterocycles. The van der Waals surface area contributed by atoms with Crippen LogP contribution in [0.2, 0.25) is 0 Å². The summed E-state index contributed by atoms with van der Waals surface area (Å²) in [5, 5.41) is 16.3. The van der Waals surface area contributed by atoms with Gasteiger partial charge in [-0.15, -0.1) is 0 Å². The molecule has 106 valence electrons. The van der Waals surface area contributed by atoms with Gasteiger partial charge in [0.25, 0.3) is 0 Å². The van der Waals surface area contributed by atoms with Crippen molar-refractivity contribution >= 4 is 11.6 Å². The van der Waals surface area contributed by atoms with Gasteiger partial charge in [-0.25, -0.2) is 9.97 Å². The number of aromatic nitrogens is 2. The Hall–Kier alpha value is -1.44. The van der Waals surface area contributed by atoms with Crippen molar-refractivity contribution in [1.82, 2.24) is 9.97 Å². The molecule has 0 radical (unpaired) electrons. The summed E-state index contributed by atoms with van der Waals surface area (Å²) in [4.78, 5) is 8.59. The number of ether oxygens (including phenoxy) is 2. The normalized spacial score (nSPS) is 22.5. The highest BCUT2D eigenvalue weighted by molar-refractivity contribution is 5.47. The number of nitrogens with one attached hydrogen (secondary N) is 2. The van der Waals surface area contributed by atoms with Gasteiger partial charge in [0, 0.05) is 39.8 Å². The Morgan fingerprint density at radius 1 is 1.47 bits per heavy atom. The molecule has 0 saturated carbocycles. The molecule has 0 aliphatic carbocycles. The third-order valence-electron chi connectivity index (χ3n) is 2.98. The number of hydrogen-bond donors (Lipinski definition) is 3. The fourth-order valence-electron chi connectivity index (χ4n) is 1.90. The van der Waals surface area contributed by atoms with E-state index < -0.39 is 5.60 Å². The van der Waals surface area contributed by atoms with Gasteiger partial charge >= 0.3 is 0 Å². The molecule has 1 unspecified atom stereocenters. The van der Waals surface area contributed by atoms with Crippen molar-refractivity contribution in [1.29, 1.82) is 0 Å². The molecule has 7 nitrogen and oxygen atoms in total. The van der Waals surface area contributed by atoms with E-state index in [1.165, 1.54) is 0 Å². The molecule has 1 atom stereocenters. The molecular weight excluding hydrogens is 248 g/mol. The number of anilines is 2. The van der Waals surface area contributed by atoms with Gasteiger partial charge in [0.05, 0.1) is 6.61 Å². The largest absolute Gasteiger partial charge is 0.386 e. The molecule has 2 rings (SSSR count). The summed E-state index contributed by atoms with van der Waals surface area (Å²) in [5.74, 6) is 1.96. The van der Waals surface area contributed by atoms with E-state index in [1.807, 2.05) is 0 Å². The lowest BCUT2D eigenvalue weighted by Gasteiger charge is -2.21. The van der Waals surface area contributed by atoms with Gasteiger partial charge in [0.15, 0.2) is 5.82 Å². The highest BCUT2D eigenvalue weighted by Crippen LogP contribution is 2.19. The molecule has 0 spiro atoms. The molecule has 3 N–H and O–H groups in total. The molecular formula is C12H20N4O3. The minimum Gasteiger partial charge on any atom is -0.386 e. The van der Waals surface area contributed by atoms with Crippen molar-refractivity contribution in [2.75, 3.05) is 44.5 Å². The third-order valence-corrected chi connectivity index (χ3v) is 2.98. The monoisotopic (exact) mass is 268 g/mol. The molecule has 1 aromatic heterocycles. The second-order valence-electron chi connectivity index (χ2n) is 4.62. The van der Waals surface area contributed by atoms with Gasteiger partial charge in [0.1, 0.15) is 23.8 Å². The molecule has 1 aromatic rings. The highest BCUT2D eigenvalue weighted by Gasteiger charge is 2.32. The van der Waals surface area contributed by atoms with Crippen LogP contribution in [0.1, 0.15) is 12.2 Å². The van der Waals surface area contributed by atoms with E-state index in [4.69, 9.17) is 9.47 Å². The summed E-state index contributed by atoms with van der Waals surface area (Å²) in [6.07, 6.45) is 0.634. The van der Waals surface area contributed by atoms with Gasteiger partial charge in [-0.2, -0.15) is 0 Å². The lowest BCUT2D eigenvalue weighted by atomic mass is 10.0. The van der Waals surface area contributed by atoms with Crippen molar-refractivity contribution in [3.8, 4) is 0 Å². The number of nitrogens with zero attached hydrogens (tertiary/aromatic N) is 2. The van der Waals surface area contributed by atoms with E-state index in [0.29, 0.717) is 50.2 Å². The van der Waals surface area contributed by atoms with E-state index in [-0.39, 0.29) is 0 Å². The van der Waals surface area contributed by atoms with Crippen LogP contribution in [-0.4, -0.2) is 54.6 Å². The standard InChI is InChI=1S/C12H20N4O3/c1-13-9-5-10(16-11(15-9)6-18-2)14-7-12(17)3-4-19-8-12/h5,17H,3-4,6-8H2,1-2H3,(H2,13,14,15,16). The minimum atomic E-state index is -0.813. The molecule has 0 amide bonds. The summed E-state index contributed by atoms with van der Waals surface area (Å²) in [6, 6.07) is 1.79. The Bertz CT molecular complexity index is 421. The summed E-state index contributed by atoms with van der Waals surface area (Å²) in [5.41, 5.74) is -0.813. The Morgan fingerprint density at radius 3 is 2.89 bits per heavy atom. The van der Waals surface area contributed by atoms with Gasteiger partial charge in [0.2, 0.25) is 0 Å². The lowest BCUT2D eigenvalue weighted by molar-refractivity contribution is 0.0381. The van der Waals surface area contributed by atoms with Gasteiger partial charge < -0.3 is 25.2 Å². The van der Waals surface area contributed by atoms with E-state index in [0.717, 1.165) is 0 Å². The quantitative estimate of drug-likeness (QED) is 0.680. The molecule has 1 aliphatic heterocycles. The Kier molecular flexibility index (Phi) is 4.52. The highest BCUT2D eigenvalue weighted by atomic mass is 16.5. The first-order valence-electron chi connectivity index (χ1n) is 6.24. The van der Waals surface area contributed by atoms with E-state index in [1.54, 1.807) is 20.2 Å². The predicted octanol–water partition coefficient (Wildman–Crippen LogP) is 0.228. The number of methoxy groups -OCH3 is 1. The second-order valence-corrected chi connectivity index (χ2v) is 4.62. The first-order valence-corrected chi connectivity index (χ1v) is 6.24. The summed E-state index contributed by atoms with van der Waals surface area (Å²) < 4.78 is 10.2. The van der Waals surface area contributed by atoms with Crippen LogP contribution in [0.5, 0.6) is 0 Å². The Balaban J connectivity index is 2.04. The molecule has 0 bridgehead atoms. The zero-order valence-corrected chi connectivity index (χ0v) is 11.3. The first kappa shape index (κ1) is 14.0. The van der Waals surface area contributed by atoms with Crippen LogP contribution in [0, 0.1) is 0 Å². The zero-order valence-electron chi connectivity index (χ0n) is 11.3. The summed E-state index contributed by atoms with van der Waals surface area (Å²) in [6.45, 7) is 1.70. The van der Waals surface area contributed by atoms with Crippen molar-refractivity contribution in [2.45, 2.75) is 18.6 Å². The van der Waals surface area contributed by atoms with Crippen LogP contribution in [0.25, 0.3) is 0 Å². The van der Waals surface area contributed by atoms with Crippen LogP contribution in [0.4, 0.5) is 11.6 Å². The van der Waals surface area contributed by atoms with Gasteiger partial charge in [-0.1, -0.05) is 0 Å². The Labute approximate surface area is 112 Å². The van der Waals surface area contributed by atoms with E-state index >= 15 is 0 Å².